The van der Waals surface area contributed by atoms with Crippen molar-refractivity contribution in [3.05, 3.63) is 54.2 Å². The lowest BCUT2D eigenvalue weighted by atomic mass is 10.1. The van der Waals surface area contributed by atoms with Crippen LogP contribution in [0.2, 0.25) is 0 Å². The molecule has 0 bridgehead atoms. The average Bonchev–Trinajstić information content (AvgIpc) is 2.34. The van der Waals surface area contributed by atoms with E-state index in [1.165, 1.54) is 0 Å². The van der Waals surface area contributed by atoms with Crippen LogP contribution in [0.3, 0.4) is 0 Å². The fraction of sp³-hybridized carbons (Fsp3) is 0.214. The van der Waals surface area contributed by atoms with Crippen molar-refractivity contribution in [3.63, 3.8) is 0 Å². The Morgan fingerprint density at radius 1 is 1.35 bits per heavy atom. The molecule has 0 fully saturated rings. The van der Waals surface area contributed by atoms with Crippen LogP contribution < -0.4 is 0 Å². The van der Waals surface area contributed by atoms with Crippen molar-refractivity contribution in [2.45, 2.75) is 6.92 Å². The molecule has 0 aromatic heterocycles. The van der Waals surface area contributed by atoms with Gasteiger partial charge in [-0.3, -0.25) is 0 Å². The number of methoxy groups -OCH3 is 1. The first-order valence-electron chi connectivity index (χ1n) is 5.20. The summed E-state index contributed by atoms with van der Waals surface area (Å²) < 4.78 is 5.16. The van der Waals surface area contributed by atoms with Crippen LogP contribution in [0.5, 0.6) is 0 Å². The van der Waals surface area contributed by atoms with Crippen molar-refractivity contribution < 1.29 is 4.74 Å². The number of thioether (sulfide) groups is 1. The monoisotopic (exact) mass is 247 g/mol. The number of ether oxygens (including phenoxy) is 1. The zero-order chi connectivity index (χ0) is 12.8. The molecule has 0 aliphatic carbocycles. The van der Waals surface area contributed by atoms with Crippen molar-refractivity contribution in [1.82, 2.24) is 0 Å². The molecule has 1 aromatic carbocycles. The number of aliphatic imine (C=N–C) groups is 1. The number of rotatable bonds is 4. The molecule has 17 heavy (non-hydrogen) atoms. The van der Waals surface area contributed by atoms with E-state index < -0.39 is 0 Å². The molecule has 90 valence electrons. The molecule has 0 aliphatic rings. The fourth-order valence-corrected chi connectivity index (χ4v) is 2.05. The number of hydrogen-bond donors (Lipinski definition) is 0. The Hall–Kier alpha value is -1.48. The maximum atomic E-state index is 5.16. The Morgan fingerprint density at radius 2 is 2.00 bits per heavy atom. The van der Waals surface area contributed by atoms with Crippen LogP contribution in [0, 0.1) is 6.92 Å². The van der Waals surface area contributed by atoms with Gasteiger partial charge in [-0.15, -0.1) is 11.8 Å². The number of hydrogen-bond acceptors (Lipinski definition) is 3. The molecule has 2 nitrogen and oxygen atoms in total. The van der Waals surface area contributed by atoms with E-state index in [0.717, 1.165) is 21.7 Å². The van der Waals surface area contributed by atoms with Crippen molar-refractivity contribution in [3.8, 4) is 0 Å². The molecule has 0 atom stereocenters. The molecule has 0 radical (unpaired) electrons. The minimum atomic E-state index is 0.661. The molecule has 0 saturated carbocycles. The molecular weight excluding hydrogens is 230 g/mol. The van der Waals surface area contributed by atoms with Crippen LogP contribution >= 0.6 is 11.8 Å². The van der Waals surface area contributed by atoms with E-state index >= 15 is 0 Å². The highest BCUT2D eigenvalue weighted by atomic mass is 32.2. The summed E-state index contributed by atoms with van der Waals surface area (Å²) in [6.45, 7) is 9.54. The second-order valence-corrected chi connectivity index (χ2v) is 4.33. The third-order valence-corrected chi connectivity index (χ3v) is 3.02. The molecule has 1 rings (SSSR count). The number of benzene rings is 1. The highest BCUT2D eigenvalue weighted by Crippen LogP contribution is 2.20. The van der Waals surface area contributed by atoms with Crippen LogP contribution in [0.15, 0.2) is 42.5 Å². The standard InChI is InChI=1S/C14H17NOS/c1-6-15-14(17-5)13-8-10(2)7-12(9-13)11(3)16-4/h6-9H,1,3H2,2,4-5H3. The second-order valence-electron chi connectivity index (χ2n) is 3.54. The van der Waals surface area contributed by atoms with Crippen molar-refractivity contribution in [2.75, 3.05) is 13.4 Å². The Kier molecular flexibility index (Phi) is 5.04. The van der Waals surface area contributed by atoms with Gasteiger partial charge in [-0.1, -0.05) is 13.2 Å². The topological polar surface area (TPSA) is 21.6 Å². The highest BCUT2D eigenvalue weighted by molar-refractivity contribution is 8.13. The zero-order valence-electron chi connectivity index (χ0n) is 10.5. The lowest BCUT2D eigenvalue weighted by Crippen LogP contribution is -1.97. The molecule has 0 unspecified atom stereocenters. The lowest BCUT2D eigenvalue weighted by molar-refractivity contribution is 0.371. The number of aryl methyl sites for hydroxylation is 1. The molecule has 0 aliphatic heterocycles. The van der Waals surface area contributed by atoms with Crippen molar-refractivity contribution in [1.29, 1.82) is 0 Å². The quantitative estimate of drug-likeness (QED) is 0.458. The van der Waals surface area contributed by atoms with Crippen LogP contribution in [0.1, 0.15) is 16.7 Å². The molecule has 0 saturated heterocycles. The zero-order valence-corrected chi connectivity index (χ0v) is 11.3. The third kappa shape index (κ3) is 3.49. The predicted octanol–water partition coefficient (Wildman–Crippen LogP) is 3.87. The van der Waals surface area contributed by atoms with Gasteiger partial charge in [0, 0.05) is 17.3 Å². The Bertz CT molecular complexity index is 463. The summed E-state index contributed by atoms with van der Waals surface area (Å²) in [5.74, 6) is 0.661. The summed E-state index contributed by atoms with van der Waals surface area (Å²) in [5, 5.41) is 0.939. The van der Waals surface area contributed by atoms with Gasteiger partial charge in [0.2, 0.25) is 0 Å². The first-order chi connectivity index (χ1) is 8.12. The molecule has 3 heteroatoms. The minimum absolute atomic E-state index is 0.661. The van der Waals surface area contributed by atoms with Crippen LogP contribution in [0.25, 0.3) is 5.76 Å². The van der Waals surface area contributed by atoms with Gasteiger partial charge in [-0.05, 0) is 36.9 Å². The molecular formula is C14H17NOS. The minimum Gasteiger partial charge on any atom is -0.497 e. The van der Waals surface area contributed by atoms with Crippen molar-refractivity contribution in [2.24, 2.45) is 4.99 Å². The summed E-state index contributed by atoms with van der Waals surface area (Å²) in [6, 6.07) is 6.16. The van der Waals surface area contributed by atoms with Crippen LogP contribution in [0.4, 0.5) is 0 Å². The maximum Gasteiger partial charge on any atom is 0.118 e. The molecule has 0 spiro atoms. The summed E-state index contributed by atoms with van der Waals surface area (Å²) >= 11 is 1.59. The Labute approximate surface area is 107 Å². The average molecular weight is 247 g/mol. The third-order valence-electron chi connectivity index (χ3n) is 2.29. The van der Waals surface area contributed by atoms with E-state index in [-0.39, 0.29) is 0 Å². The van der Waals surface area contributed by atoms with Crippen LogP contribution in [-0.2, 0) is 4.74 Å². The van der Waals surface area contributed by atoms with Gasteiger partial charge < -0.3 is 4.74 Å². The van der Waals surface area contributed by atoms with E-state index in [0.29, 0.717) is 5.76 Å². The largest absolute Gasteiger partial charge is 0.497 e. The molecule has 0 heterocycles. The summed E-state index contributed by atoms with van der Waals surface area (Å²) in [6.07, 6.45) is 3.55. The van der Waals surface area contributed by atoms with Gasteiger partial charge in [0.25, 0.3) is 0 Å². The highest BCUT2D eigenvalue weighted by Gasteiger charge is 2.06. The first kappa shape index (κ1) is 13.6. The Balaban J connectivity index is 3.25. The van der Waals surface area contributed by atoms with E-state index in [2.05, 4.69) is 24.2 Å². The smallest absolute Gasteiger partial charge is 0.118 e. The molecule has 0 N–H and O–H groups in total. The van der Waals surface area contributed by atoms with Gasteiger partial charge in [-0.2, -0.15) is 0 Å². The van der Waals surface area contributed by atoms with Gasteiger partial charge in [0.1, 0.15) is 10.8 Å². The maximum absolute atomic E-state index is 5.16. The van der Waals surface area contributed by atoms with Gasteiger partial charge in [0.05, 0.1) is 7.11 Å². The first-order valence-corrected chi connectivity index (χ1v) is 6.43. The number of nitrogens with zero attached hydrogens (tertiary/aromatic N) is 1. The fourth-order valence-electron chi connectivity index (χ4n) is 1.51. The van der Waals surface area contributed by atoms with Crippen molar-refractivity contribution >= 4 is 22.6 Å². The van der Waals surface area contributed by atoms with E-state index in [1.807, 2.05) is 25.3 Å². The summed E-state index contributed by atoms with van der Waals surface area (Å²) in [7, 11) is 1.62. The summed E-state index contributed by atoms with van der Waals surface area (Å²) in [5.41, 5.74) is 3.19. The van der Waals surface area contributed by atoms with Gasteiger partial charge >= 0.3 is 0 Å². The van der Waals surface area contributed by atoms with E-state index in [4.69, 9.17) is 4.74 Å². The molecule has 0 amide bonds. The SMILES string of the molecule is C=CN=C(SC)c1cc(C)cc(C(=C)OC)c1. The summed E-state index contributed by atoms with van der Waals surface area (Å²) in [4.78, 5) is 4.25. The van der Waals surface area contributed by atoms with Crippen LogP contribution in [-0.4, -0.2) is 18.4 Å². The van der Waals surface area contributed by atoms with Gasteiger partial charge in [-0.25, -0.2) is 4.99 Å². The normalized spacial score (nSPS) is 11.1. The van der Waals surface area contributed by atoms with Gasteiger partial charge in [0.15, 0.2) is 0 Å². The second kappa shape index (κ2) is 6.30. The van der Waals surface area contributed by atoms with E-state index in [9.17, 15) is 0 Å². The molecule has 1 aromatic rings. The predicted molar refractivity (Wildman–Crippen MR) is 77.5 cm³/mol. The van der Waals surface area contributed by atoms with E-state index in [1.54, 1.807) is 25.1 Å². The Morgan fingerprint density at radius 3 is 2.53 bits per heavy atom. The lowest BCUT2D eigenvalue weighted by Gasteiger charge is -2.09.